The maximum atomic E-state index is 12.4. The van der Waals surface area contributed by atoms with E-state index in [1.54, 1.807) is 21.0 Å². The molecule has 1 aromatic carbocycles. The fourth-order valence-corrected chi connectivity index (χ4v) is 2.17. The SMILES string of the molecule is C=C(C)C(=O)OCCOC(=O)C(Cc1ccccc1)NCCC(=O)N(C)C. The molecule has 0 saturated carbocycles. The van der Waals surface area contributed by atoms with Gasteiger partial charge in [-0.05, 0) is 18.9 Å². The smallest absolute Gasteiger partial charge is 0.333 e. The monoisotopic (exact) mass is 376 g/mol. The highest BCUT2D eigenvalue weighted by atomic mass is 16.6. The summed E-state index contributed by atoms with van der Waals surface area (Å²) in [7, 11) is 3.37. The number of esters is 2. The van der Waals surface area contributed by atoms with Gasteiger partial charge in [0.2, 0.25) is 5.91 Å². The van der Waals surface area contributed by atoms with Crippen LogP contribution in [0, 0.1) is 0 Å². The Hall–Kier alpha value is -2.67. The summed E-state index contributed by atoms with van der Waals surface area (Å²) in [6, 6.07) is 8.92. The van der Waals surface area contributed by atoms with Crippen molar-refractivity contribution in [3.8, 4) is 0 Å². The molecule has 0 aliphatic rings. The summed E-state index contributed by atoms with van der Waals surface area (Å²) in [5.41, 5.74) is 1.26. The van der Waals surface area contributed by atoms with E-state index in [9.17, 15) is 14.4 Å². The van der Waals surface area contributed by atoms with Crippen LogP contribution in [0.5, 0.6) is 0 Å². The third-order valence-electron chi connectivity index (χ3n) is 3.70. The minimum Gasteiger partial charge on any atom is -0.461 e. The largest absolute Gasteiger partial charge is 0.461 e. The van der Waals surface area contributed by atoms with E-state index < -0.39 is 18.0 Å². The van der Waals surface area contributed by atoms with E-state index in [0.717, 1.165) is 5.56 Å². The fourth-order valence-electron chi connectivity index (χ4n) is 2.17. The molecule has 1 unspecified atom stereocenters. The topological polar surface area (TPSA) is 84.9 Å². The molecule has 1 amide bonds. The van der Waals surface area contributed by atoms with Gasteiger partial charge in [-0.1, -0.05) is 36.9 Å². The molecule has 0 saturated heterocycles. The first-order valence-electron chi connectivity index (χ1n) is 8.78. The zero-order valence-corrected chi connectivity index (χ0v) is 16.2. The third kappa shape index (κ3) is 9.01. The second-order valence-corrected chi connectivity index (χ2v) is 6.32. The standard InChI is InChI=1S/C20H28N2O5/c1-15(2)19(24)26-12-13-27-20(25)17(14-16-8-6-5-7-9-16)21-11-10-18(23)22(3)4/h5-9,17,21H,1,10-14H2,2-4H3. The second kappa shape index (κ2) is 11.9. The van der Waals surface area contributed by atoms with Gasteiger partial charge < -0.3 is 19.7 Å². The van der Waals surface area contributed by atoms with Gasteiger partial charge >= 0.3 is 11.9 Å². The summed E-state index contributed by atoms with van der Waals surface area (Å²) >= 11 is 0. The molecule has 1 aromatic rings. The van der Waals surface area contributed by atoms with Gasteiger partial charge in [-0.25, -0.2) is 4.79 Å². The van der Waals surface area contributed by atoms with Gasteiger partial charge in [-0.3, -0.25) is 9.59 Å². The molecule has 0 fully saturated rings. The molecule has 0 aliphatic heterocycles. The zero-order valence-electron chi connectivity index (χ0n) is 16.2. The Bertz CT molecular complexity index is 643. The summed E-state index contributed by atoms with van der Waals surface area (Å²) in [5, 5.41) is 3.08. The minimum atomic E-state index is -0.598. The van der Waals surface area contributed by atoms with Gasteiger partial charge in [0.05, 0.1) is 0 Å². The minimum absolute atomic E-state index is 0.0268. The molecule has 1 rings (SSSR count). The van der Waals surface area contributed by atoms with Crippen LogP contribution < -0.4 is 5.32 Å². The van der Waals surface area contributed by atoms with Gasteiger partial charge in [0.15, 0.2) is 0 Å². The number of nitrogens with zero attached hydrogens (tertiary/aromatic N) is 1. The van der Waals surface area contributed by atoms with E-state index in [1.807, 2.05) is 30.3 Å². The lowest BCUT2D eigenvalue weighted by Crippen LogP contribution is -2.42. The second-order valence-electron chi connectivity index (χ2n) is 6.32. The van der Waals surface area contributed by atoms with E-state index in [4.69, 9.17) is 9.47 Å². The maximum absolute atomic E-state index is 12.4. The van der Waals surface area contributed by atoms with E-state index in [2.05, 4.69) is 11.9 Å². The number of rotatable bonds is 11. The van der Waals surface area contributed by atoms with Crippen molar-refractivity contribution in [1.29, 1.82) is 0 Å². The van der Waals surface area contributed by atoms with Crippen molar-refractivity contribution in [3.05, 3.63) is 48.0 Å². The van der Waals surface area contributed by atoms with Gasteiger partial charge in [0.25, 0.3) is 0 Å². The molecule has 0 spiro atoms. The predicted octanol–water partition coefficient (Wildman–Crippen LogP) is 1.33. The van der Waals surface area contributed by atoms with Crippen molar-refractivity contribution in [2.45, 2.75) is 25.8 Å². The number of hydrogen-bond acceptors (Lipinski definition) is 6. The van der Waals surface area contributed by atoms with Gasteiger partial charge in [-0.2, -0.15) is 0 Å². The molecule has 27 heavy (non-hydrogen) atoms. The highest BCUT2D eigenvalue weighted by Crippen LogP contribution is 2.05. The fraction of sp³-hybridized carbons (Fsp3) is 0.450. The normalized spacial score (nSPS) is 11.4. The summed E-state index contributed by atoms with van der Waals surface area (Å²) in [6.07, 6.45) is 0.711. The predicted molar refractivity (Wildman–Crippen MR) is 102 cm³/mol. The Morgan fingerprint density at radius 1 is 1.11 bits per heavy atom. The molecule has 148 valence electrons. The first-order chi connectivity index (χ1) is 12.8. The lowest BCUT2D eigenvalue weighted by atomic mass is 10.1. The Balaban J connectivity index is 2.55. The first kappa shape index (κ1) is 22.4. The van der Waals surface area contributed by atoms with E-state index >= 15 is 0 Å². The Morgan fingerprint density at radius 2 is 1.74 bits per heavy atom. The number of amides is 1. The van der Waals surface area contributed by atoms with Crippen LogP contribution in [0.1, 0.15) is 18.9 Å². The molecular formula is C20H28N2O5. The molecule has 0 aromatic heterocycles. The van der Waals surface area contributed by atoms with Crippen molar-refractivity contribution < 1.29 is 23.9 Å². The van der Waals surface area contributed by atoms with E-state index in [-0.39, 0.29) is 31.1 Å². The van der Waals surface area contributed by atoms with Crippen molar-refractivity contribution in [2.24, 2.45) is 0 Å². The number of hydrogen-bond donors (Lipinski definition) is 1. The van der Waals surface area contributed by atoms with Crippen molar-refractivity contribution in [2.75, 3.05) is 33.9 Å². The molecule has 0 heterocycles. The van der Waals surface area contributed by atoms with Crippen molar-refractivity contribution in [1.82, 2.24) is 10.2 Å². The van der Waals surface area contributed by atoms with Crippen LogP contribution in [-0.2, 0) is 30.3 Å². The van der Waals surface area contributed by atoms with Crippen molar-refractivity contribution >= 4 is 17.8 Å². The summed E-state index contributed by atoms with van der Waals surface area (Å²) in [6.45, 7) is 5.31. The van der Waals surface area contributed by atoms with E-state index in [0.29, 0.717) is 13.0 Å². The quantitative estimate of drug-likeness (QED) is 0.356. The average molecular weight is 376 g/mol. The number of carbonyl (C=O) groups is 3. The molecule has 7 heteroatoms. The summed E-state index contributed by atoms with van der Waals surface area (Å²) in [4.78, 5) is 36.9. The zero-order chi connectivity index (χ0) is 20.2. The molecule has 7 nitrogen and oxygen atoms in total. The third-order valence-corrected chi connectivity index (χ3v) is 3.70. The molecule has 0 aliphatic carbocycles. The lowest BCUT2D eigenvalue weighted by molar-refractivity contribution is -0.151. The molecule has 0 radical (unpaired) electrons. The Kier molecular flexibility index (Phi) is 9.82. The highest BCUT2D eigenvalue weighted by Gasteiger charge is 2.20. The number of carbonyl (C=O) groups excluding carboxylic acids is 3. The number of ether oxygens (including phenoxy) is 2. The highest BCUT2D eigenvalue weighted by molar-refractivity contribution is 5.86. The van der Waals surface area contributed by atoms with Crippen LogP contribution in [0.2, 0.25) is 0 Å². The van der Waals surface area contributed by atoms with Crippen LogP contribution in [0.3, 0.4) is 0 Å². The molecule has 0 bridgehead atoms. The maximum Gasteiger partial charge on any atom is 0.333 e. The molecule has 1 atom stereocenters. The Morgan fingerprint density at radius 3 is 2.33 bits per heavy atom. The van der Waals surface area contributed by atoms with Crippen LogP contribution in [0.25, 0.3) is 0 Å². The number of nitrogens with one attached hydrogen (secondary N) is 1. The van der Waals surface area contributed by atoms with Crippen LogP contribution in [0.15, 0.2) is 42.5 Å². The van der Waals surface area contributed by atoms with Crippen LogP contribution in [-0.4, -0.2) is 62.6 Å². The van der Waals surface area contributed by atoms with Gasteiger partial charge in [0, 0.05) is 32.6 Å². The summed E-state index contributed by atoms with van der Waals surface area (Å²) < 4.78 is 10.1. The van der Waals surface area contributed by atoms with Gasteiger partial charge in [-0.15, -0.1) is 0 Å². The van der Waals surface area contributed by atoms with Crippen LogP contribution in [0.4, 0.5) is 0 Å². The molecule has 1 N–H and O–H groups in total. The van der Waals surface area contributed by atoms with Gasteiger partial charge in [0.1, 0.15) is 19.3 Å². The molecular weight excluding hydrogens is 348 g/mol. The number of benzene rings is 1. The Labute approximate surface area is 160 Å². The van der Waals surface area contributed by atoms with Crippen molar-refractivity contribution in [3.63, 3.8) is 0 Å². The summed E-state index contributed by atoms with van der Waals surface area (Å²) in [5.74, 6) is -1.00. The average Bonchev–Trinajstić information content (AvgIpc) is 2.64. The van der Waals surface area contributed by atoms with Crippen LogP contribution >= 0.6 is 0 Å². The van der Waals surface area contributed by atoms with E-state index in [1.165, 1.54) is 4.90 Å². The first-order valence-corrected chi connectivity index (χ1v) is 8.78. The lowest BCUT2D eigenvalue weighted by Gasteiger charge is -2.18.